The van der Waals surface area contributed by atoms with Crippen molar-refractivity contribution in [3.63, 3.8) is 0 Å². The molecule has 1 N–H and O–H groups in total. The maximum atomic E-state index is 13.4. The van der Waals surface area contributed by atoms with E-state index < -0.39 is 0 Å². The first-order valence-electron chi connectivity index (χ1n) is 6.95. The second kappa shape index (κ2) is 6.92. The van der Waals surface area contributed by atoms with Crippen LogP contribution in [0.1, 0.15) is 23.6 Å². The van der Waals surface area contributed by atoms with E-state index in [0.717, 1.165) is 29.0 Å². The van der Waals surface area contributed by atoms with Gasteiger partial charge in [-0.15, -0.1) is 0 Å². The van der Waals surface area contributed by atoms with Crippen LogP contribution in [0.5, 0.6) is 11.5 Å². The predicted octanol–water partition coefficient (Wildman–Crippen LogP) is 5.00. The highest BCUT2D eigenvalue weighted by atomic mass is 35.5. The molecule has 0 aliphatic rings. The Labute approximate surface area is 129 Å². The van der Waals surface area contributed by atoms with E-state index in [9.17, 15) is 4.39 Å². The molecule has 2 nitrogen and oxygen atoms in total. The lowest BCUT2D eigenvalue weighted by Gasteiger charge is -2.15. The highest BCUT2D eigenvalue weighted by molar-refractivity contribution is 6.30. The predicted molar refractivity (Wildman–Crippen MR) is 84.8 cm³/mol. The lowest BCUT2D eigenvalue weighted by Crippen LogP contribution is -2.12. The molecule has 2 rings (SSSR count). The van der Waals surface area contributed by atoms with Gasteiger partial charge in [-0.1, -0.05) is 18.5 Å². The Morgan fingerprint density at radius 2 is 1.81 bits per heavy atom. The van der Waals surface area contributed by atoms with E-state index in [2.05, 4.69) is 5.32 Å². The summed E-state index contributed by atoms with van der Waals surface area (Å²) in [5, 5.41) is 3.87. The molecule has 0 atom stereocenters. The summed E-state index contributed by atoms with van der Waals surface area (Å²) in [6, 6.07) is 8.29. The van der Waals surface area contributed by atoms with E-state index in [1.807, 2.05) is 32.9 Å². The van der Waals surface area contributed by atoms with Gasteiger partial charge >= 0.3 is 0 Å². The van der Waals surface area contributed by atoms with Crippen molar-refractivity contribution in [1.82, 2.24) is 5.32 Å². The molecule has 0 aliphatic carbocycles. The molecule has 0 bridgehead atoms. The van der Waals surface area contributed by atoms with E-state index in [-0.39, 0.29) is 5.82 Å². The molecule has 21 heavy (non-hydrogen) atoms. The van der Waals surface area contributed by atoms with Crippen molar-refractivity contribution < 1.29 is 9.13 Å². The SMILES string of the molecule is CCNCc1cc(F)ccc1Oc1c(C)cc(Cl)cc1C. The van der Waals surface area contributed by atoms with Crippen molar-refractivity contribution in [2.45, 2.75) is 27.3 Å². The third-order valence-electron chi connectivity index (χ3n) is 3.23. The molecule has 2 aromatic carbocycles. The quantitative estimate of drug-likeness (QED) is 0.839. The van der Waals surface area contributed by atoms with Crippen molar-refractivity contribution >= 4 is 11.6 Å². The second-order valence-corrected chi connectivity index (χ2v) is 5.44. The molecule has 0 amide bonds. The van der Waals surface area contributed by atoms with Crippen LogP contribution in [-0.2, 0) is 6.54 Å². The molecule has 0 aromatic heterocycles. The fourth-order valence-corrected chi connectivity index (χ4v) is 2.54. The summed E-state index contributed by atoms with van der Waals surface area (Å²) in [5.74, 6) is 1.16. The number of halogens is 2. The van der Waals surface area contributed by atoms with Crippen molar-refractivity contribution in [1.29, 1.82) is 0 Å². The first-order chi connectivity index (χ1) is 10.0. The van der Waals surface area contributed by atoms with E-state index >= 15 is 0 Å². The molecule has 0 fully saturated rings. The van der Waals surface area contributed by atoms with Crippen LogP contribution in [-0.4, -0.2) is 6.54 Å². The smallest absolute Gasteiger partial charge is 0.133 e. The maximum absolute atomic E-state index is 13.4. The molecule has 0 spiro atoms. The van der Waals surface area contributed by atoms with Gasteiger partial charge in [-0.3, -0.25) is 0 Å². The summed E-state index contributed by atoms with van der Waals surface area (Å²) < 4.78 is 19.4. The first-order valence-corrected chi connectivity index (χ1v) is 7.32. The Morgan fingerprint density at radius 1 is 1.14 bits per heavy atom. The molecule has 4 heteroatoms. The Morgan fingerprint density at radius 3 is 2.43 bits per heavy atom. The minimum atomic E-state index is -0.264. The van der Waals surface area contributed by atoms with Crippen LogP contribution >= 0.6 is 11.6 Å². The van der Waals surface area contributed by atoms with Gasteiger partial charge in [0.25, 0.3) is 0 Å². The van der Waals surface area contributed by atoms with Crippen molar-refractivity contribution in [3.05, 3.63) is 57.9 Å². The molecule has 0 saturated carbocycles. The molecule has 0 saturated heterocycles. The molecule has 2 aromatic rings. The van der Waals surface area contributed by atoms with Crippen molar-refractivity contribution in [2.24, 2.45) is 0 Å². The molecule has 0 unspecified atom stereocenters. The lowest BCUT2D eigenvalue weighted by molar-refractivity contribution is 0.463. The fraction of sp³-hybridized carbons (Fsp3) is 0.294. The first kappa shape index (κ1) is 15.8. The molecule has 0 heterocycles. The number of benzene rings is 2. The number of aryl methyl sites for hydroxylation is 2. The number of nitrogens with one attached hydrogen (secondary N) is 1. The van der Waals surface area contributed by atoms with Crippen LogP contribution in [0.3, 0.4) is 0 Å². The number of ether oxygens (including phenoxy) is 1. The van der Waals surface area contributed by atoms with Crippen molar-refractivity contribution in [2.75, 3.05) is 6.54 Å². The average Bonchev–Trinajstić information content (AvgIpc) is 2.42. The lowest BCUT2D eigenvalue weighted by atomic mass is 10.1. The molecule has 0 radical (unpaired) electrons. The third kappa shape index (κ3) is 3.96. The van der Waals surface area contributed by atoms with Crippen LogP contribution in [0.15, 0.2) is 30.3 Å². The summed E-state index contributed by atoms with van der Waals surface area (Å²) in [4.78, 5) is 0. The fourth-order valence-electron chi connectivity index (χ4n) is 2.21. The minimum Gasteiger partial charge on any atom is -0.456 e. The minimum absolute atomic E-state index is 0.264. The van der Waals surface area contributed by atoms with Gasteiger partial charge in [0, 0.05) is 17.1 Å². The highest BCUT2D eigenvalue weighted by Crippen LogP contribution is 2.33. The summed E-state index contributed by atoms with van der Waals surface area (Å²) in [5.41, 5.74) is 2.71. The van der Waals surface area contributed by atoms with Crippen LogP contribution in [0.25, 0.3) is 0 Å². The zero-order chi connectivity index (χ0) is 15.4. The molecule has 0 aliphatic heterocycles. The topological polar surface area (TPSA) is 21.3 Å². The number of hydrogen-bond donors (Lipinski definition) is 1. The zero-order valence-electron chi connectivity index (χ0n) is 12.5. The average molecular weight is 308 g/mol. The van der Waals surface area contributed by atoms with Gasteiger partial charge in [0.2, 0.25) is 0 Å². The van der Waals surface area contributed by atoms with E-state index in [1.165, 1.54) is 12.1 Å². The van der Waals surface area contributed by atoms with Gasteiger partial charge in [0.1, 0.15) is 17.3 Å². The van der Waals surface area contributed by atoms with Crippen molar-refractivity contribution in [3.8, 4) is 11.5 Å². The Hall–Kier alpha value is -1.58. The van der Waals surface area contributed by atoms with Gasteiger partial charge in [0.05, 0.1) is 0 Å². The van der Waals surface area contributed by atoms with Crippen LogP contribution in [0, 0.1) is 19.7 Å². The highest BCUT2D eigenvalue weighted by Gasteiger charge is 2.11. The summed E-state index contributed by atoms with van der Waals surface area (Å²) >= 11 is 6.03. The maximum Gasteiger partial charge on any atom is 0.133 e. The van der Waals surface area contributed by atoms with Gasteiger partial charge in [-0.25, -0.2) is 4.39 Å². The third-order valence-corrected chi connectivity index (χ3v) is 3.44. The summed E-state index contributed by atoms with van der Waals surface area (Å²) in [7, 11) is 0. The largest absolute Gasteiger partial charge is 0.456 e. The molecular formula is C17H19ClFNO. The van der Waals surface area contributed by atoms with Gasteiger partial charge in [0.15, 0.2) is 0 Å². The van der Waals surface area contributed by atoms with Crippen LogP contribution in [0.2, 0.25) is 5.02 Å². The Bertz CT molecular complexity index is 620. The van der Waals surface area contributed by atoms with E-state index in [1.54, 1.807) is 6.07 Å². The van der Waals surface area contributed by atoms with Gasteiger partial charge in [-0.05, 0) is 61.9 Å². The Kier molecular flexibility index (Phi) is 5.21. The van der Waals surface area contributed by atoms with Crippen LogP contribution in [0.4, 0.5) is 4.39 Å². The van der Waals surface area contributed by atoms with Gasteiger partial charge < -0.3 is 10.1 Å². The second-order valence-electron chi connectivity index (χ2n) is 5.00. The standard InChI is InChI=1S/C17H19ClFNO/c1-4-20-10-13-9-15(19)5-6-16(13)21-17-11(2)7-14(18)8-12(17)3/h5-9,20H,4,10H2,1-3H3. The summed E-state index contributed by atoms with van der Waals surface area (Å²) in [6.07, 6.45) is 0. The monoisotopic (exact) mass is 307 g/mol. The van der Waals surface area contributed by atoms with Crippen LogP contribution < -0.4 is 10.1 Å². The zero-order valence-corrected chi connectivity index (χ0v) is 13.2. The molecular weight excluding hydrogens is 289 g/mol. The van der Waals surface area contributed by atoms with E-state index in [0.29, 0.717) is 17.3 Å². The summed E-state index contributed by atoms with van der Waals surface area (Å²) in [6.45, 7) is 7.28. The van der Waals surface area contributed by atoms with Gasteiger partial charge in [-0.2, -0.15) is 0 Å². The Balaban J connectivity index is 2.35. The number of hydrogen-bond acceptors (Lipinski definition) is 2. The van der Waals surface area contributed by atoms with E-state index in [4.69, 9.17) is 16.3 Å². The normalized spacial score (nSPS) is 10.7. The number of rotatable bonds is 5. The molecule has 112 valence electrons.